The molecule has 124 valence electrons. The van der Waals surface area contributed by atoms with Crippen LogP contribution in [0.3, 0.4) is 0 Å². The minimum absolute atomic E-state index is 0.261. The Balaban J connectivity index is 1.69. The third-order valence-electron chi connectivity index (χ3n) is 5.49. The average molecular weight is 328 g/mol. The van der Waals surface area contributed by atoms with Gasteiger partial charge in [0.1, 0.15) is 5.75 Å². The average Bonchev–Trinajstić information content (AvgIpc) is 3.00. The highest BCUT2D eigenvalue weighted by Gasteiger charge is 2.48. The lowest BCUT2D eigenvalue weighted by Gasteiger charge is -2.40. The maximum atomic E-state index is 6.48. The highest BCUT2D eigenvalue weighted by Crippen LogP contribution is 2.52. The molecule has 2 aliphatic heterocycles. The zero-order valence-corrected chi connectivity index (χ0v) is 14.2. The molecule has 0 amide bonds. The minimum atomic E-state index is -0.683. The summed E-state index contributed by atoms with van der Waals surface area (Å²) in [5.41, 5.74) is 6.31. The predicted molar refractivity (Wildman–Crippen MR) is 97.6 cm³/mol. The molecule has 2 heteroatoms. The van der Waals surface area contributed by atoms with Crippen molar-refractivity contribution in [1.29, 1.82) is 0 Å². The van der Waals surface area contributed by atoms with Crippen LogP contribution in [0, 0.1) is 6.92 Å². The molecule has 0 saturated heterocycles. The van der Waals surface area contributed by atoms with Crippen LogP contribution in [0.1, 0.15) is 40.2 Å². The van der Waals surface area contributed by atoms with E-state index >= 15 is 0 Å². The van der Waals surface area contributed by atoms with Gasteiger partial charge in [-0.3, -0.25) is 0 Å². The summed E-state index contributed by atoms with van der Waals surface area (Å²) in [5.74, 6) is 0.508. The normalized spacial score (nSPS) is 23.8. The van der Waals surface area contributed by atoms with Crippen molar-refractivity contribution >= 4 is 0 Å². The van der Waals surface area contributed by atoms with Gasteiger partial charge in [0.15, 0.2) is 0 Å². The Hall–Kier alpha value is -2.58. The fourth-order valence-corrected chi connectivity index (χ4v) is 4.26. The lowest BCUT2D eigenvalue weighted by Crippen LogP contribution is -2.38. The quantitative estimate of drug-likeness (QED) is 0.604. The summed E-state index contributed by atoms with van der Waals surface area (Å²) in [7, 11) is 0. The number of fused-ring (bicyclic) bond motifs is 3. The van der Waals surface area contributed by atoms with E-state index in [1.54, 1.807) is 0 Å². The first kappa shape index (κ1) is 14.7. The molecule has 0 radical (unpaired) electrons. The Morgan fingerprint density at radius 1 is 0.840 bits per heavy atom. The van der Waals surface area contributed by atoms with Crippen LogP contribution in [0.5, 0.6) is 5.75 Å². The zero-order valence-electron chi connectivity index (χ0n) is 14.2. The molecule has 3 aromatic rings. The van der Waals surface area contributed by atoms with Crippen molar-refractivity contribution in [1.82, 2.24) is 0 Å². The largest absolute Gasteiger partial charge is 0.458 e. The van der Waals surface area contributed by atoms with Gasteiger partial charge in [-0.25, -0.2) is 0 Å². The molecule has 0 saturated carbocycles. The Morgan fingerprint density at radius 3 is 2.44 bits per heavy atom. The van der Waals surface area contributed by atoms with Gasteiger partial charge in [0.2, 0.25) is 5.79 Å². The molecule has 0 fully saturated rings. The predicted octanol–water partition coefficient (Wildman–Crippen LogP) is 5.29. The summed E-state index contributed by atoms with van der Waals surface area (Å²) in [6, 6.07) is 25.4. The lowest BCUT2D eigenvalue weighted by molar-refractivity contribution is -0.195. The number of hydrogen-bond acceptors (Lipinski definition) is 2. The number of benzene rings is 3. The number of rotatable bonds is 1. The maximum absolute atomic E-state index is 6.48. The second-order valence-electron chi connectivity index (χ2n) is 6.95. The van der Waals surface area contributed by atoms with Crippen molar-refractivity contribution in [3.8, 4) is 5.75 Å². The van der Waals surface area contributed by atoms with Crippen molar-refractivity contribution in [3.63, 3.8) is 0 Å². The van der Waals surface area contributed by atoms with Crippen LogP contribution >= 0.6 is 0 Å². The molecule has 1 spiro atoms. The molecule has 0 unspecified atom stereocenters. The van der Waals surface area contributed by atoms with Crippen molar-refractivity contribution in [2.75, 3.05) is 0 Å². The topological polar surface area (TPSA) is 18.5 Å². The first-order chi connectivity index (χ1) is 12.3. The smallest absolute Gasteiger partial charge is 0.238 e. The second-order valence-corrected chi connectivity index (χ2v) is 6.95. The summed E-state index contributed by atoms with van der Waals surface area (Å²) in [6.07, 6.45) is 0.798. The van der Waals surface area contributed by atoms with Crippen LogP contribution in [-0.2, 0) is 17.1 Å². The van der Waals surface area contributed by atoms with Crippen LogP contribution in [-0.4, -0.2) is 0 Å². The van der Waals surface area contributed by atoms with Gasteiger partial charge < -0.3 is 9.47 Å². The Morgan fingerprint density at radius 2 is 1.56 bits per heavy atom. The molecule has 2 nitrogen and oxygen atoms in total. The van der Waals surface area contributed by atoms with E-state index in [9.17, 15) is 0 Å². The van der Waals surface area contributed by atoms with E-state index in [0.717, 1.165) is 12.2 Å². The van der Waals surface area contributed by atoms with Gasteiger partial charge in [0.05, 0.1) is 6.61 Å². The molecule has 2 atom stereocenters. The van der Waals surface area contributed by atoms with E-state index in [1.165, 1.54) is 27.8 Å². The number of para-hydroxylation sites is 1. The molecule has 2 aliphatic rings. The third-order valence-corrected chi connectivity index (χ3v) is 5.49. The fraction of sp³-hybridized carbons (Fsp3) is 0.217. The Labute approximate surface area is 148 Å². The van der Waals surface area contributed by atoms with Crippen LogP contribution in [0.25, 0.3) is 0 Å². The van der Waals surface area contributed by atoms with E-state index < -0.39 is 5.79 Å². The van der Waals surface area contributed by atoms with Crippen LogP contribution in [0.4, 0.5) is 0 Å². The van der Waals surface area contributed by atoms with E-state index in [1.807, 2.05) is 6.07 Å². The molecule has 0 bridgehead atoms. The van der Waals surface area contributed by atoms with Gasteiger partial charge in [-0.2, -0.15) is 0 Å². The monoisotopic (exact) mass is 328 g/mol. The molecule has 0 N–H and O–H groups in total. The minimum Gasteiger partial charge on any atom is -0.458 e. The molecule has 5 rings (SSSR count). The molecule has 0 aliphatic carbocycles. The first-order valence-electron chi connectivity index (χ1n) is 8.83. The van der Waals surface area contributed by atoms with Crippen molar-refractivity contribution in [3.05, 3.63) is 101 Å². The Kier molecular flexibility index (Phi) is 3.22. The fourth-order valence-electron chi connectivity index (χ4n) is 4.26. The molecule has 3 aromatic carbocycles. The molecular weight excluding hydrogens is 308 g/mol. The Bertz CT molecular complexity index is 946. The second kappa shape index (κ2) is 5.47. The first-order valence-corrected chi connectivity index (χ1v) is 8.83. The molecular formula is C23H20O2. The van der Waals surface area contributed by atoms with Gasteiger partial charge in [-0.15, -0.1) is 0 Å². The van der Waals surface area contributed by atoms with Gasteiger partial charge >= 0.3 is 0 Å². The summed E-state index contributed by atoms with van der Waals surface area (Å²) in [5, 5.41) is 0. The SMILES string of the molecule is Cc1ccccc1[C@@H]1C[C@@]2(OCc3ccccc32)Oc2ccccc21. The van der Waals surface area contributed by atoms with Gasteiger partial charge in [0.25, 0.3) is 0 Å². The third kappa shape index (κ3) is 2.21. The van der Waals surface area contributed by atoms with Gasteiger partial charge in [-0.1, -0.05) is 66.7 Å². The molecule has 25 heavy (non-hydrogen) atoms. The highest BCUT2D eigenvalue weighted by atomic mass is 16.7. The van der Waals surface area contributed by atoms with Crippen LogP contribution < -0.4 is 4.74 Å². The van der Waals surface area contributed by atoms with Crippen molar-refractivity contribution in [2.45, 2.75) is 31.7 Å². The van der Waals surface area contributed by atoms with E-state index in [-0.39, 0.29) is 5.92 Å². The zero-order chi connectivity index (χ0) is 16.9. The highest BCUT2D eigenvalue weighted by molar-refractivity contribution is 5.48. The summed E-state index contributed by atoms with van der Waals surface area (Å²) in [6.45, 7) is 2.79. The standard InChI is InChI=1S/C23H20O2/c1-16-8-2-4-10-18(16)20-14-23(25-22-13-7-5-11-19(20)22)21-12-6-3-9-17(21)15-24-23/h2-13,20H,14-15H2,1H3/t20-,23+/m0/s1. The van der Waals surface area contributed by atoms with Gasteiger partial charge in [0, 0.05) is 23.5 Å². The van der Waals surface area contributed by atoms with E-state index in [0.29, 0.717) is 6.61 Å². The summed E-state index contributed by atoms with van der Waals surface area (Å²) < 4.78 is 12.8. The van der Waals surface area contributed by atoms with E-state index in [4.69, 9.17) is 9.47 Å². The van der Waals surface area contributed by atoms with E-state index in [2.05, 4.69) is 73.7 Å². The van der Waals surface area contributed by atoms with Crippen LogP contribution in [0.2, 0.25) is 0 Å². The lowest BCUT2D eigenvalue weighted by atomic mass is 9.79. The maximum Gasteiger partial charge on any atom is 0.238 e. The van der Waals surface area contributed by atoms with Crippen molar-refractivity contribution in [2.24, 2.45) is 0 Å². The van der Waals surface area contributed by atoms with Gasteiger partial charge in [-0.05, 0) is 29.7 Å². The molecule has 0 aromatic heterocycles. The number of aryl methyl sites for hydroxylation is 1. The number of hydrogen-bond donors (Lipinski definition) is 0. The number of ether oxygens (including phenoxy) is 2. The van der Waals surface area contributed by atoms with Crippen LogP contribution in [0.15, 0.2) is 72.8 Å². The molecule has 2 heterocycles. The summed E-state index contributed by atoms with van der Waals surface area (Å²) in [4.78, 5) is 0. The summed E-state index contributed by atoms with van der Waals surface area (Å²) >= 11 is 0. The van der Waals surface area contributed by atoms with Crippen molar-refractivity contribution < 1.29 is 9.47 Å².